The molecule has 1 saturated heterocycles. The third kappa shape index (κ3) is 4.34. The number of hydrogen-bond acceptors (Lipinski definition) is 3. The lowest BCUT2D eigenvalue weighted by Crippen LogP contribution is -2.48. The lowest BCUT2D eigenvalue weighted by Gasteiger charge is -2.53. The van der Waals surface area contributed by atoms with Crippen molar-refractivity contribution in [2.75, 3.05) is 39.5 Å². The van der Waals surface area contributed by atoms with Gasteiger partial charge in [-0.05, 0) is 42.2 Å². The normalized spacial score (nSPS) is 27.6. The van der Waals surface area contributed by atoms with Crippen molar-refractivity contribution in [3.8, 4) is 0 Å². The molecule has 1 aromatic rings. The molecule has 2 fully saturated rings. The molecule has 1 aromatic carbocycles. The quantitative estimate of drug-likeness (QED) is 0.767. The van der Waals surface area contributed by atoms with Crippen molar-refractivity contribution in [3.05, 3.63) is 35.9 Å². The van der Waals surface area contributed by atoms with Crippen molar-refractivity contribution >= 4 is 0 Å². The van der Waals surface area contributed by atoms with Crippen molar-refractivity contribution < 1.29 is 9.47 Å². The van der Waals surface area contributed by atoms with Gasteiger partial charge in [-0.1, -0.05) is 44.2 Å². The summed E-state index contributed by atoms with van der Waals surface area (Å²) in [5.41, 5.74) is 1.69. The van der Waals surface area contributed by atoms with Crippen molar-refractivity contribution in [2.45, 2.75) is 33.3 Å². The molecule has 1 aliphatic heterocycles. The Bertz CT molecular complexity index is 468. The van der Waals surface area contributed by atoms with E-state index in [0.29, 0.717) is 11.3 Å². The topological polar surface area (TPSA) is 21.7 Å². The maximum absolute atomic E-state index is 5.98. The van der Waals surface area contributed by atoms with E-state index in [0.717, 1.165) is 45.4 Å². The third-order valence-electron chi connectivity index (χ3n) is 6.00. The molecular weight excluding hydrogens is 286 g/mol. The molecular formula is C20H31NO2. The molecule has 1 heterocycles. The Labute approximate surface area is 141 Å². The highest BCUT2D eigenvalue weighted by Gasteiger charge is 2.47. The number of hydrogen-bond donors (Lipinski definition) is 0. The van der Waals surface area contributed by atoms with E-state index in [4.69, 9.17) is 9.47 Å². The van der Waals surface area contributed by atoms with Crippen LogP contribution < -0.4 is 0 Å². The van der Waals surface area contributed by atoms with Crippen molar-refractivity contribution in [3.63, 3.8) is 0 Å². The van der Waals surface area contributed by atoms with Gasteiger partial charge in [-0.3, -0.25) is 4.90 Å². The first kappa shape index (κ1) is 16.9. The number of rotatable bonds is 7. The number of morpholine rings is 1. The molecule has 3 heteroatoms. The number of ether oxygens (including phenoxy) is 2. The van der Waals surface area contributed by atoms with E-state index in [2.05, 4.69) is 49.1 Å². The lowest BCUT2D eigenvalue weighted by atomic mass is 9.54. The Morgan fingerprint density at radius 2 is 1.87 bits per heavy atom. The molecule has 0 spiro atoms. The summed E-state index contributed by atoms with van der Waals surface area (Å²) in [5.74, 6) is 1.55. The molecule has 2 unspecified atom stereocenters. The fraction of sp³-hybridized carbons (Fsp3) is 0.700. The van der Waals surface area contributed by atoms with Crippen LogP contribution in [0.25, 0.3) is 0 Å². The van der Waals surface area contributed by atoms with Crippen LogP contribution in [0.5, 0.6) is 0 Å². The van der Waals surface area contributed by atoms with E-state index < -0.39 is 0 Å². The largest absolute Gasteiger partial charge is 0.379 e. The maximum atomic E-state index is 5.98. The zero-order chi connectivity index (χ0) is 16.1. The standard InChI is InChI=1S/C20H31NO2/c1-20(2)18(8-9-21-10-12-22-13-11-21)14-19(20)16-23-15-17-6-4-3-5-7-17/h3-7,18-19H,8-16H2,1-2H3. The van der Waals surface area contributed by atoms with Gasteiger partial charge in [0.2, 0.25) is 0 Å². The first-order valence-corrected chi connectivity index (χ1v) is 9.08. The molecule has 2 atom stereocenters. The van der Waals surface area contributed by atoms with Crippen LogP contribution in [0.15, 0.2) is 30.3 Å². The van der Waals surface area contributed by atoms with Crippen molar-refractivity contribution in [2.24, 2.45) is 17.3 Å². The van der Waals surface area contributed by atoms with Gasteiger partial charge in [-0.2, -0.15) is 0 Å². The molecule has 1 saturated carbocycles. The molecule has 0 radical (unpaired) electrons. The summed E-state index contributed by atoms with van der Waals surface area (Å²) in [4.78, 5) is 2.55. The van der Waals surface area contributed by atoms with Gasteiger partial charge >= 0.3 is 0 Å². The monoisotopic (exact) mass is 317 g/mol. The molecule has 0 amide bonds. The van der Waals surface area contributed by atoms with Gasteiger partial charge in [-0.25, -0.2) is 0 Å². The SMILES string of the molecule is CC1(C)C(CCN2CCOCC2)CC1COCc1ccccc1. The highest BCUT2D eigenvalue weighted by molar-refractivity contribution is 5.13. The zero-order valence-electron chi connectivity index (χ0n) is 14.7. The van der Waals surface area contributed by atoms with Crippen LogP contribution in [0.2, 0.25) is 0 Å². The van der Waals surface area contributed by atoms with Gasteiger partial charge in [0.05, 0.1) is 26.4 Å². The van der Waals surface area contributed by atoms with Crippen LogP contribution in [-0.2, 0) is 16.1 Å². The van der Waals surface area contributed by atoms with Crippen molar-refractivity contribution in [1.29, 1.82) is 0 Å². The van der Waals surface area contributed by atoms with E-state index in [1.165, 1.54) is 24.9 Å². The molecule has 23 heavy (non-hydrogen) atoms. The van der Waals surface area contributed by atoms with Gasteiger partial charge in [0, 0.05) is 13.1 Å². The average molecular weight is 317 g/mol. The molecule has 3 nitrogen and oxygen atoms in total. The minimum atomic E-state index is 0.420. The molecule has 1 aliphatic carbocycles. The predicted octanol–water partition coefficient (Wildman–Crippen LogP) is 3.59. The second kappa shape index (κ2) is 7.78. The summed E-state index contributed by atoms with van der Waals surface area (Å²) in [7, 11) is 0. The Balaban J connectivity index is 1.36. The highest BCUT2D eigenvalue weighted by atomic mass is 16.5. The first-order chi connectivity index (χ1) is 11.2. The fourth-order valence-electron chi connectivity index (χ4n) is 3.95. The van der Waals surface area contributed by atoms with Crippen LogP contribution in [0, 0.1) is 17.3 Å². The van der Waals surface area contributed by atoms with Gasteiger partial charge in [-0.15, -0.1) is 0 Å². The van der Waals surface area contributed by atoms with Gasteiger partial charge in [0.1, 0.15) is 0 Å². The lowest BCUT2D eigenvalue weighted by molar-refractivity contribution is -0.0824. The second-order valence-corrected chi connectivity index (χ2v) is 7.69. The number of nitrogens with zero attached hydrogens (tertiary/aromatic N) is 1. The smallest absolute Gasteiger partial charge is 0.0717 e. The molecule has 2 aliphatic rings. The van der Waals surface area contributed by atoms with Crippen LogP contribution >= 0.6 is 0 Å². The molecule has 128 valence electrons. The molecule has 0 bridgehead atoms. The Kier molecular flexibility index (Phi) is 5.73. The maximum Gasteiger partial charge on any atom is 0.0717 e. The average Bonchev–Trinajstić information content (AvgIpc) is 2.58. The molecule has 3 rings (SSSR count). The van der Waals surface area contributed by atoms with Gasteiger partial charge < -0.3 is 9.47 Å². The van der Waals surface area contributed by atoms with E-state index in [9.17, 15) is 0 Å². The Morgan fingerprint density at radius 1 is 1.13 bits per heavy atom. The van der Waals surface area contributed by atoms with Crippen LogP contribution in [0.4, 0.5) is 0 Å². The Hall–Kier alpha value is -0.900. The Morgan fingerprint density at radius 3 is 2.57 bits per heavy atom. The minimum Gasteiger partial charge on any atom is -0.379 e. The van der Waals surface area contributed by atoms with Gasteiger partial charge in [0.15, 0.2) is 0 Å². The van der Waals surface area contributed by atoms with Crippen molar-refractivity contribution in [1.82, 2.24) is 4.90 Å². The fourth-order valence-corrected chi connectivity index (χ4v) is 3.95. The summed E-state index contributed by atoms with van der Waals surface area (Å²) < 4.78 is 11.4. The van der Waals surface area contributed by atoms with Crippen LogP contribution in [0.1, 0.15) is 32.3 Å². The van der Waals surface area contributed by atoms with E-state index in [-0.39, 0.29) is 0 Å². The van der Waals surface area contributed by atoms with Crippen LogP contribution in [0.3, 0.4) is 0 Å². The summed E-state index contributed by atoms with van der Waals surface area (Å²) >= 11 is 0. The summed E-state index contributed by atoms with van der Waals surface area (Å²) in [6.07, 6.45) is 2.65. The third-order valence-corrected chi connectivity index (χ3v) is 6.00. The first-order valence-electron chi connectivity index (χ1n) is 9.08. The second-order valence-electron chi connectivity index (χ2n) is 7.69. The van der Waals surface area contributed by atoms with E-state index in [1.807, 2.05) is 0 Å². The highest BCUT2D eigenvalue weighted by Crippen LogP contribution is 2.52. The van der Waals surface area contributed by atoms with Gasteiger partial charge in [0.25, 0.3) is 0 Å². The zero-order valence-corrected chi connectivity index (χ0v) is 14.7. The summed E-state index contributed by atoms with van der Waals surface area (Å²) in [6, 6.07) is 10.5. The molecule has 0 aromatic heterocycles. The summed E-state index contributed by atoms with van der Waals surface area (Å²) in [5, 5.41) is 0. The predicted molar refractivity (Wildman–Crippen MR) is 93.4 cm³/mol. The minimum absolute atomic E-state index is 0.420. The van der Waals surface area contributed by atoms with E-state index in [1.54, 1.807) is 0 Å². The van der Waals surface area contributed by atoms with E-state index >= 15 is 0 Å². The molecule has 0 N–H and O–H groups in total. The number of benzene rings is 1. The summed E-state index contributed by atoms with van der Waals surface area (Å²) in [6.45, 7) is 11.8. The van der Waals surface area contributed by atoms with Crippen LogP contribution in [-0.4, -0.2) is 44.4 Å².